The topological polar surface area (TPSA) is 101 Å². The van der Waals surface area contributed by atoms with E-state index in [1.807, 2.05) is 24.3 Å². The van der Waals surface area contributed by atoms with Gasteiger partial charge < -0.3 is 14.6 Å². The summed E-state index contributed by atoms with van der Waals surface area (Å²) in [6, 6.07) is 10.3. The fourth-order valence-electron chi connectivity index (χ4n) is 4.28. The van der Waals surface area contributed by atoms with Gasteiger partial charge >= 0.3 is 0 Å². The van der Waals surface area contributed by atoms with Crippen LogP contribution in [0.1, 0.15) is 38.3 Å². The summed E-state index contributed by atoms with van der Waals surface area (Å²) in [5, 5.41) is 2.93. The summed E-state index contributed by atoms with van der Waals surface area (Å²) in [7, 11) is -2.11. The molecule has 1 aliphatic rings. The number of ether oxygens (including phenoxy) is 1. The Morgan fingerprint density at radius 3 is 2.50 bits per heavy atom. The summed E-state index contributed by atoms with van der Waals surface area (Å²) in [5.74, 6) is 0.400. The van der Waals surface area contributed by atoms with Crippen molar-refractivity contribution in [1.82, 2.24) is 19.1 Å². The standard InChI is InChI=1S/C24H34N4O5S/c1-4-28(5-2)34(31,32)21-11-12-24(30)27(17-21)18-23(29)25-16-22(26-13-6-7-14-26)19-9-8-10-20(15-19)33-3/h8-12,15,17,22H,4-7,13-14,16,18H2,1-3H3,(H,25,29). The molecule has 0 spiro atoms. The maximum atomic E-state index is 12.8. The molecule has 0 aliphatic carbocycles. The molecule has 1 aromatic carbocycles. The Labute approximate surface area is 201 Å². The number of pyridine rings is 1. The number of nitrogens with zero attached hydrogens (tertiary/aromatic N) is 3. The molecule has 1 unspecified atom stereocenters. The van der Waals surface area contributed by atoms with Crippen LogP contribution in [-0.2, 0) is 21.4 Å². The van der Waals surface area contributed by atoms with Crippen LogP contribution in [-0.4, -0.2) is 67.9 Å². The maximum Gasteiger partial charge on any atom is 0.251 e. The van der Waals surface area contributed by atoms with Gasteiger partial charge in [0.05, 0.1) is 18.0 Å². The summed E-state index contributed by atoms with van der Waals surface area (Å²) in [6.45, 7) is 6.16. The highest BCUT2D eigenvalue weighted by molar-refractivity contribution is 7.89. The molecular formula is C24H34N4O5S. The largest absolute Gasteiger partial charge is 0.497 e. The van der Waals surface area contributed by atoms with Gasteiger partial charge in [0.25, 0.3) is 5.56 Å². The van der Waals surface area contributed by atoms with Crippen LogP contribution in [0.15, 0.2) is 52.3 Å². The monoisotopic (exact) mass is 490 g/mol. The highest BCUT2D eigenvalue weighted by atomic mass is 32.2. The van der Waals surface area contributed by atoms with E-state index in [2.05, 4.69) is 10.2 Å². The molecular weight excluding hydrogens is 456 g/mol. The zero-order valence-corrected chi connectivity index (χ0v) is 20.9. The predicted octanol–water partition coefficient (Wildman–Crippen LogP) is 1.84. The first-order valence-corrected chi connectivity index (χ1v) is 13.1. The molecule has 1 fully saturated rings. The molecule has 2 aromatic rings. The second-order valence-electron chi connectivity index (χ2n) is 8.26. The number of nitrogens with one attached hydrogen (secondary N) is 1. The molecule has 1 aromatic heterocycles. The summed E-state index contributed by atoms with van der Waals surface area (Å²) < 4.78 is 33.4. The van der Waals surface area contributed by atoms with Gasteiger partial charge in [-0.15, -0.1) is 0 Å². The first kappa shape index (κ1) is 25.9. The van der Waals surface area contributed by atoms with Crippen molar-refractivity contribution in [3.8, 4) is 5.75 Å². The number of carbonyl (C=O) groups excluding carboxylic acids is 1. The first-order chi connectivity index (χ1) is 16.3. The molecule has 1 amide bonds. The smallest absolute Gasteiger partial charge is 0.251 e. The average molecular weight is 491 g/mol. The molecule has 9 nitrogen and oxygen atoms in total. The molecule has 10 heteroatoms. The van der Waals surface area contributed by atoms with Gasteiger partial charge in [-0.1, -0.05) is 26.0 Å². The van der Waals surface area contributed by atoms with Crippen molar-refractivity contribution >= 4 is 15.9 Å². The van der Waals surface area contributed by atoms with Crippen LogP contribution in [0.25, 0.3) is 0 Å². The lowest BCUT2D eigenvalue weighted by Gasteiger charge is -2.28. The summed E-state index contributed by atoms with van der Waals surface area (Å²) in [6.07, 6.45) is 3.46. The highest BCUT2D eigenvalue weighted by Gasteiger charge is 2.25. The molecule has 0 radical (unpaired) electrons. The van der Waals surface area contributed by atoms with E-state index in [0.29, 0.717) is 19.6 Å². The molecule has 1 atom stereocenters. The minimum Gasteiger partial charge on any atom is -0.497 e. The summed E-state index contributed by atoms with van der Waals surface area (Å²) in [4.78, 5) is 27.4. The van der Waals surface area contributed by atoms with E-state index in [1.165, 1.54) is 22.6 Å². The van der Waals surface area contributed by atoms with E-state index in [-0.39, 0.29) is 23.4 Å². The fraction of sp³-hybridized carbons (Fsp3) is 0.500. The number of hydrogen-bond acceptors (Lipinski definition) is 6. The number of carbonyl (C=O) groups is 1. The zero-order chi connectivity index (χ0) is 24.7. The van der Waals surface area contributed by atoms with Gasteiger partial charge in [0.2, 0.25) is 15.9 Å². The molecule has 0 saturated carbocycles. The summed E-state index contributed by atoms with van der Waals surface area (Å²) >= 11 is 0. The average Bonchev–Trinajstić information content (AvgIpc) is 3.36. The van der Waals surface area contributed by atoms with Crippen LogP contribution in [0.4, 0.5) is 0 Å². The van der Waals surface area contributed by atoms with Gasteiger partial charge in [-0.25, -0.2) is 8.42 Å². The van der Waals surface area contributed by atoms with Gasteiger partial charge in [0.1, 0.15) is 12.3 Å². The van der Waals surface area contributed by atoms with E-state index >= 15 is 0 Å². The van der Waals surface area contributed by atoms with Crippen LogP contribution < -0.4 is 15.6 Å². The number of rotatable bonds is 11. The Bertz CT molecular complexity index is 1140. The van der Waals surface area contributed by atoms with E-state index in [1.54, 1.807) is 21.0 Å². The number of hydrogen-bond donors (Lipinski definition) is 1. The maximum absolute atomic E-state index is 12.8. The number of amides is 1. The molecule has 1 N–H and O–H groups in total. The fourth-order valence-corrected chi connectivity index (χ4v) is 5.76. The molecule has 34 heavy (non-hydrogen) atoms. The number of likely N-dealkylation sites (tertiary alicyclic amines) is 1. The van der Waals surface area contributed by atoms with Gasteiger partial charge in [0, 0.05) is 31.9 Å². The Morgan fingerprint density at radius 1 is 1.15 bits per heavy atom. The van der Waals surface area contributed by atoms with E-state index < -0.39 is 15.6 Å². The van der Waals surface area contributed by atoms with E-state index in [4.69, 9.17) is 4.74 Å². The number of aromatic nitrogens is 1. The number of sulfonamides is 1. The Kier molecular flexibility index (Phi) is 8.87. The zero-order valence-electron chi connectivity index (χ0n) is 20.1. The van der Waals surface area contributed by atoms with Gasteiger partial charge in [-0.3, -0.25) is 14.5 Å². The van der Waals surface area contributed by atoms with Crippen LogP contribution in [0.3, 0.4) is 0 Å². The lowest BCUT2D eigenvalue weighted by Crippen LogP contribution is -2.39. The van der Waals surface area contributed by atoms with Crippen molar-refractivity contribution in [2.75, 3.05) is 39.8 Å². The van der Waals surface area contributed by atoms with Crippen LogP contribution in [0, 0.1) is 0 Å². The number of benzene rings is 1. The number of methoxy groups -OCH3 is 1. The van der Waals surface area contributed by atoms with E-state index in [9.17, 15) is 18.0 Å². The predicted molar refractivity (Wildman–Crippen MR) is 130 cm³/mol. The first-order valence-electron chi connectivity index (χ1n) is 11.7. The van der Waals surface area contributed by atoms with Gasteiger partial charge in [-0.05, 0) is 49.7 Å². The molecule has 3 rings (SSSR count). The van der Waals surface area contributed by atoms with Crippen molar-refractivity contribution in [2.24, 2.45) is 0 Å². The van der Waals surface area contributed by atoms with Crippen LogP contribution >= 0.6 is 0 Å². The minimum absolute atomic E-state index is 0.00470. The van der Waals surface area contributed by atoms with E-state index in [0.717, 1.165) is 41.8 Å². The molecule has 186 valence electrons. The van der Waals surface area contributed by atoms with Crippen LogP contribution in [0.5, 0.6) is 5.75 Å². The Balaban J connectivity index is 1.74. The molecule has 2 heterocycles. The minimum atomic E-state index is -3.73. The van der Waals surface area contributed by atoms with Crippen molar-refractivity contribution in [1.29, 1.82) is 0 Å². The Morgan fingerprint density at radius 2 is 1.85 bits per heavy atom. The lowest BCUT2D eigenvalue weighted by atomic mass is 10.0. The van der Waals surface area contributed by atoms with Gasteiger partial charge in [0.15, 0.2) is 0 Å². The van der Waals surface area contributed by atoms with Crippen molar-refractivity contribution < 1.29 is 17.9 Å². The van der Waals surface area contributed by atoms with Crippen molar-refractivity contribution in [2.45, 2.75) is 44.2 Å². The second-order valence-corrected chi connectivity index (χ2v) is 10.2. The van der Waals surface area contributed by atoms with Crippen molar-refractivity contribution in [3.05, 3.63) is 58.5 Å². The third-order valence-electron chi connectivity index (χ3n) is 6.17. The quantitative estimate of drug-likeness (QED) is 0.516. The molecule has 1 saturated heterocycles. The third kappa shape index (κ3) is 6.05. The highest BCUT2D eigenvalue weighted by Crippen LogP contribution is 2.27. The van der Waals surface area contributed by atoms with Crippen molar-refractivity contribution in [3.63, 3.8) is 0 Å². The SMILES string of the molecule is CCN(CC)S(=O)(=O)c1ccc(=O)n(CC(=O)NCC(c2cccc(OC)c2)N2CCCC2)c1. The molecule has 0 bridgehead atoms. The molecule has 1 aliphatic heterocycles. The van der Waals surface area contributed by atoms with Gasteiger partial charge in [-0.2, -0.15) is 4.31 Å². The normalized spacial score (nSPS) is 15.4. The third-order valence-corrected chi connectivity index (χ3v) is 8.20. The lowest BCUT2D eigenvalue weighted by molar-refractivity contribution is -0.122. The second kappa shape index (κ2) is 11.6. The Hall–Kier alpha value is -2.69. The van der Waals surface area contributed by atoms with Crippen LogP contribution in [0.2, 0.25) is 0 Å². The summed E-state index contributed by atoms with van der Waals surface area (Å²) in [5.41, 5.74) is 0.614.